The van der Waals surface area contributed by atoms with E-state index >= 15 is 0 Å². The van der Waals surface area contributed by atoms with E-state index in [0.717, 1.165) is 19.0 Å². The lowest BCUT2D eigenvalue weighted by atomic mass is 9.86. The minimum atomic E-state index is 0.368. The first-order chi connectivity index (χ1) is 10.1. The van der Waals surface area contributed by atoms with Crippen LogP contribution in [-0.4, -0.2) is 48.9 Å². The number of carbonyl (C=O) groups excluding carboxylic acids is 1. The SMILES string of the molecule is CN(C)CCN(C(=O)[C@@H]1C[C@H]2CC[C@H]1C2)C1CCCCC1. The van der Waals surface area contributed by atoms with Crippen molar-refractivity contribution in [2.75, 3.05) is 27.2 Å². The lowest BCUT2D eigenvalue weighted by Gasteiger charge is -2.38. The molecule has 0 aromatic carbocycles. The number of rotatable bonds is 5. The monoisotopic (exact) mass is 292 g/mol. The van der Waals surface area contributed by atoms with Crippen molar-refractivity contribution in [1.29, 1.82) is 0 Å². The average Bonchev–Trinajstić information content (AvgIpc) is 3.11. The van der Waals surface area contributed by atoms with Gasteiger partial charge in [0.15, 0.2) is 0 Å². The van der Waals surface area contributed by atoms with Gasteiger partial charge in [-0.2, -0.15) is 0 Å². The molecule has 0 unspecified atom stereocenters. The molecule has 0 radical (unpaired) electrons. The van der Waals surface area contributed by atoms with Crippen LogP contribution in [0, 0.1) is 17.8 Å². The Balaban J connectivity index is 1.66. The van der Waals surface area contributed by atoms with Gasteiger partial charge in [-0.15, -0.1) is 0 Å². The maximum absolute atomic E-state index is 13.2. The Morgan fingerprint density at radius 1 is 0.952 bits per heavy atom. The van der Waals surface area contributed by atoms with Crippen LogP contribution < -0.4 is 0 Å². The van der Waals surface area contributed by atoms with Gasteiger partial charge in [-0.1, -0.05) is 25.7 Å². The number of likely N-dealkylation sites (N-methyl/N-ethyl adjacent to an activating group) is 1. The normalized spacial score (nSPS) is 32.8. The molecule has 0 saturated heterocycles. The van der Waals surface area contributed by atoms with Crippen LogP contribution in [-0.2, 0) is 4.79 Å². The summed E-state index contributed by atoms with van der Waals surface area (Å²) in [7, 11) is 4.22. The van der Waals surface area contributed by atoms with Gasteiger partial charge in [0.25, 0.3) is 0 Å². The van der Waals surface area contributed by atoms with E-state index in [1.54, 1.807) is 0 Å². The van der Waals surface area contributed by atoms with Crippen molar-refractivity contribution >= 4 is 5.91 Å². The molecule has 3 aliphatic rings. The molecule has 3 saturated carbocycles. The van der Waals surface area contributed by atoms with Crippen molar-refractivity contribution in [2.45, 2.75) is 63.8 Å². The molecule has 0 N–H and O–H groups in total. The van der Waals surface area contributed by atoms with Crippen LogP contribution in [0.4, 0.5) is 0 Å². The summed E-state index contributed by atoms with van der Waals surface area (Å²) >= 11 is 0. The Kier molecular flexibility index (Phi) is 4.88. The van der Waals surface area contributed by atoms with E-state index in [0.29, 0.717) is 23.8 Å². The molecular formula is C18H32N2O. The largest absolute Gasteiger partial charge is 0.338 e. The first-order valence-corrected chi connectivity index (χ1v) is 9.10. The van der Waals surface area contributed by atoms with Crippen LogP contribution in [0.5, 0.6) is 0 Å². The molecule has 2 bridgehead atoms. The van der Waals surface area contributed by atoms with Gasteiger partial charge in [-0.05, 0) is 58.0 Å². The number of hydrogen-bond acceptors (Lipinski definition) is 2. The van der Waals surface area contributed by atoms with E-state index in [4.69, 9.17) is 0 Å². The fraction of sp³-hybridized carbons (Fsp3) is 0.944. The van der Waals surface area contributed by atoms with Gasteiger partial charge < -0.3 is 9.80 Å². The topological polar surface area (TPSA) is 23.6 Å². The molecule has 0 heterocycles. The third kappa shape index (κ3) is 3.44. The fourth-order valence-corrected chi connectivity index (χ4v) is 4.93. The zero-order chi connectivity index (χ0) is 14.8. The zero-order valence-electron chi connectivity index (χ0n) is 13.9. The Morgan fingerprint density at radius 3 is 2.29 bits per heavy atom. The van der Waals surface area contributed by atoms with Gasteiger partial charge in [0.05, 0.1) is 0 Å². The second kappa shape index (κ2) is 6.68. The molecule has 0 aliphatic heterocycles. The summed E-state index contributed by atoms with van der Waals surface area (Å²) in [6.07, 6.45) is 11.7. The number of nitrogens with zero attached hydrogens (tertiary/aromatic N) is 2. The van der Waals surface area contributed by atoms with E-state index in [1.807, 2.05) is 0 Å². The number of hydrogen-bond donors (Lipinski definition) is 0. The van der Waals surface area contributed by atoms with E-state index in [-0.39, 0.29) is 0 Å². The lowest BCUT2D eigenvalue weighted by Crippen LogP contribution is -2.48. The standard InChI is InChI=1S/C18H32N2O/c1-19(2)10-11-20(16-6-4-3-5-7-16)18(21)17-13-14-8-9-15(17)12-14/h14-17H,3-13H2,1-2H3/t14-,15-,17+/m0/s1. The summed E-state index contributed by atoms with van der Waals surface area (Å²) in [5.41, 5.74) is 0. The molecule has 0 aromatic heterocycles. The van der Waals surface area contributed by atoms with Crippen LogP contribution in [0.1, 0.15) is 57.8 Å². The maximum atomic E-state index is 13.2. The summed E-state index contributed by atoms with van der Waals surface area (Å²) in [6, 6.07) is 0.533. The molecule has 3 heteroatoms. The summed E-state index contributed by atoms with van der Waals surface area (Å²) in [4.78, 5) is 17.7. The predicted octanol–water partition coefficient (Wildman–Crippen LogP) is 3.15. The van der Waals surface area contributed by atoms with E-state index < -0.39 is 0 Å². The molecule has 1 amide bonds. The number of amides is 1. The Bertz CT molecular complexity index is 362. The molecule has 3 atom stereocenters. The van der Waals surface area contributed by atoms with Crippen molar-refractivity contribution in [3.8, 4) is 0 Å². The lowest BCUT2D eigenvalue weighted by molar-refractivity contribution is -0.140. The van der Waals surface area contributed by atoms with Crippen molar-refractivity contribution in [3.05, 3.63) is 0 Å². The van der Waals surface area contributed by atoms with Crippen LogP contribution in [0.25, 0.3) is 0 Å². The second-order valence-electron chi connectivity index (χ2n) is 7.91. The fourth-order valence-electron chi connectivity index (χ4n) is 4.93. The van der Waals surface area contributed by atoms with Crippen molar-refractivity contribution < 1.29 is 4.79 Å². The molecule has 120 valence electrons. The highest BCUT2D eigenvalue weighted by Crippen LogP contribution is 2.49. The van der Waals surface area contributed by atoms with Crippen molar-refractivity contribution in [3.63, 3.8) is 0 Å². The third-order valence-electron chi connectivity index (χ3n) is 6.14. The average molecular weight is 292 g/mol. The van der Waals surface area contributed by atoms with Crippen LogP contribution >= 0.6 is 0 Å². The number of carbonyl (C=O) groups is 1. The van der Waals surface area contributed by atoms with Gasteiger partial charge >= 0.3 is 0 Å². The Hall–Kier alpha value is -0.570. The van der Waals surface area contributed by atoms with Crippen LogP contribution in [0.2, 0.25) is 0 Å². The summed E-state index contributed by atoms with van der Waals surface area (Å²) < 4.78 is 0. The van der Waals surface area contributed by atoms with Crippen molar-refractivity contribution in [1.82, 2.24) is 9.80 Å². The Labute approximate surface area is 130 Å². The third-order valence-corrected chi connectivity index (χ3v) is 6.14. The minimum absolute atomic E-state index is 0.368. The second-order valence-corrected chi connectivity index (χ2v) is 7.91. The molecule has 3 rings (SSSR count). The number of fused-ring (bicyclic) bond motifs is 2. The highest BCUT2D eigenvalue weighted by Gasteiger charge is 2.45. The van der Waals surface area contributed by atoms with Gasteiger partial charge in [0.1, 0.15) is 0 Å². The quantitative estimate of drug-likeness (QED) is 0.777. The van der Waals surface area contributed by atoms with Gasteiger partial charge in [-0.25, -0.2) is 0 Å². The minimum Gasteiger partial charge on any atom is -0.338 e. The molecule has 21 heavy (non-hydrogen) atoms. The Morgan fingerprint density at radius 2 is 1.71 bits per heavy atom. The summed E-state index contributed by atoms with van der Waals surface area (Å²) in [6.45, 7) is 1.94. The maximum Gasteiger partial charge on any atom is 0.226 e. The molecule has 3 nitrogen and oxygen atoms in total. The molecule has 0 aromatic rings. The van der Waals surface area contributed by atoms with E-state index in [9.17, 15) is 4.79 Å². The molecule has 3 aliphatic carbocycles. The van der Waals surface area contributed by atoms with Crippen LogP contribution in [0.3, 0.4) is 0 Å². The molecular weight excluding hydrogens is 260 g/mol. The predicted molar refractivity (Wildman–Crippen MR) is 86.1 cm³/mol. The van der Waals surface area contributed by atoms with E-state index in [2.05, 4.69) is 23.9 Å². The summed E-state index contributed by atoms with van der Waals surface area (Å²) in [5.74, 6) is 2.46. The summed E-state index contributed by atoms with van der Waals surface area (Å²) in [5, 5.41) is 0. The first-order valence-electron chi connectivity index (χ1n) is 9.10. The molecule has 3 fully saturated rings. The van der Waals surface area contributed by atoms with Gasteiger partial charge in [0.2, 0.25) is 5.91 Å². The smallest absolute Gasteiger partial charge is 0.226 e. The van der Waals surface area contributed by atoms with Crippen molar-refractivity contribution in [2.24, 2.45) is 17.8 Å². The van der Waals surface area contributed by atoms with E-state index in [1.165, 1.54) is 57.8 Å². The van der Waals surface area contributed by atoms with Crippen LogP contribution in [0.15, 0.2) is 0 Å². The zero-order valence-corrected chi connectivity index (χ0v) is 13.9. The van der Waals surface area contributed by atoms with Gasteiger partial charge in [-0.3, -0.25) is 4.79 Å². The highest BCUT2D eigenvalue weighted by molar-refractivity contribution is 5.80. The van der Waals surface area contributed by atoms with Gasteiger partial charge in [0, 0.05) is 25.0 Å². The first kappa shape index (κ1) is 15.3. The molecule has 0 spiro atoms. The highest BCUT2D eigenvalue weighted by atomic mass is 16.2.